The van der Waals surface area contributed by atoms with Gasteiger partial charge in [-0.3, -0.25) is 14.5 Å². The van der Waals surface area contributed by atoms with E-state index in [0.717, 1.165) is 31.8 Å². The van der Waals surface area contributed by atoms with E-state index in [-0.39, 0.29) is 17.7 Å². The predicted octanol–water partition coefficient (Wildman–Crippen LogP) is 5.46. The molecule has 1 aliphatic heterocycles. The van der Waals surface area contributed by atoms with E-state index < -0.39 is 0 Å². The molecule has 0 unspecified atom stereocenters. The van der Waals surface area contributed by atoms with Gasteiger partial charge >= 0.3 is 0 Å². The zero-order valence-corrected chi connectivity index (χ0v) is 17.2. The molecular formula is C18H13Br2NO3S. The Labute approximate surface area is 166 Å². The van der Waals surface area contributed by atoms with E-state index in [1.807, 2.05) is 42.5 Å². The average molecular weight is 483 g/mol. The van der Waals surface area contributed by atoms with Crippen molar-refractivity contribution in [2.75, 3.05) is 7.11 Å². The molecule has 3 rings (SSSR count). The lowest BCUT2D eigenvalue weighted by Gasteiger charge is -2.12. The van der Waals surface area contributed by atoms with Crippen molar-refractivity contribution in [1.29, 1.82) is 0 Å². The van der Waals surface area contributed by atoms with Crippen LogP contribution < -0.4 is 4.74 Å². The largest absolute Gasteiger partial charge is 0.496 e. The second kappa shape index (κ2) is 7.76. The van der Waals surface area contributed by atoms with Gasteiger partial charge < -0.3 is 4.74 Å². The van der Waals surface area contributed by atoms with E-state index in [2.05, 4.69) is 31.9 Å². The summed E-state index contributed by atoms with van der Waals surface area (Å²) in [7, 11) is 1.59. The Balaban J connectivity index is 1.80. The molecule has 0 aliphatic carbocycles. The molecule has 128 valence electrons. The van der Waals surface area contributed by atoms with Crippen LogP contribution in [0.4, 0.5) is 4.79 Å². The molecule has 0 radical (unpaired) electrons. The number of carbonyl (C=O) groups excluding carboxylic acids is 2. The highest BCUT2D eigenvalue weighted by Crippen LogP contribution is 2.34. The average Bonchev–Trinajstić information content (AvgIpc) is 2.84. The third kappa shape index (κ3) is 4.16. The molecule has 7 heteroatoms. The van der Waals surface area contributed by atoms with Gasteiger partial charge in [-0.05, 0) is 69.2 Å². The zero-order valence-electron chi connectivity index (χ0n) is 13.2. The van der Waals surface area contributed by atoms with Crippen LogP contribution in [-0.2, 0) is 11.3 Å². The highest BCUT2D eigenvalue weighted by atomic mass is 79.9. The number of hydrogen-bond acceptors (Lipinski definition) is 4. The van der Waals surface area contributed by atoms with Gasteiger partial charge in [0.2, 0.25) is 0 Å². The van der Waals surface area contributed by atoms with Gasteiger partial charge in [0.05, 0.1) is 23.0 Å². The Morgan fingerprint density at radius 2 is 1.84 bits per heavy atom. The van der Waals surface area contributed by atoms with Crippen molar-refractivity contribution < 1.29 is 14.3 Å². The quantitative estimate of drug-likeness (QED) is 0.543. The van der Waals surface area contributed by atoms with Gasteiger partial charge in [0.15, 0.2) is 0 Å². The second-order valence-corrected chi connectivity index (χ2v) is 8.05. The molecule has 0 saturated carbocycles. The van der Waals surface area contributed by atoms with Crippen LogP contribution >= 0.6 is 43.6 Å². The first-order valence-electron chi connectivity index (χ1n) is 7.31. The maximum Gasteiger partial charge on any atom is 0.293 e. The molecular weight excluding hydrogens is 470 g/mol. The van der Waals surface area contributed by atoms with E-state index in [9.17, 15) is 9.59 Å². The number of amides is 2. The lowest BCUT2D eigenvalue weighted by molar-refractivity contribution is -0.123. The van der Waals surface area contributed by atoms with Gasteiger partial charge in [0, 0.05) is 4.47 Å². The maximum absolute atomic E-state index is 12.6. The Hall–Kier alpha value is -1.57. The van der Waals surface area contributed by atoms with Gasteiger partial charge in [0.1, 0.15) is 5.75 Å². The molecule has 0 atom stereocenters. The van der Waals surface area contributed by atoms with Crippen molar-refractivity contribution in [3.8, 4) is 5.75 Å². The minimum atomic E-state index is -0.273. The summed E-state index contributed by atoms with van der Waals surface area (Å²) in [6.07, 6.45) is 1.72. The van der Waals surface area contributed by atoms with Crippen LogP contribution in [0.25, 0.3) is 6.08 Å². The summed E-state index contributed by atoms with van der Waals surface area (Å²) in [4.78, 5) is 26.5. The summed E-state index contributed by atoms with van der Waals surface area (Å²) in [6, 6.07) is 13.0. The SMILES string of the molecule is COc1ccc(/C=C2\SC(=O)N(Cc3ccc(Br)cc3)C2=O)cc1Br. The smallest absolute Gasteiger partial charge is 0.293 e. The zero-order chi connectivity index (χ0) is 18.0. The molecule has 25 heavy (non-hydrogen) atoms. The number of halogens is 2. The lowest BCUT2D eigenvalue weighted by atomic mass is 10.2. The number of carbonyl (C=O) groups is 2. The minimum absolute atomic E-state index is 0.258. The van der Waals surface area contributed by atoms with E-state index >= 15 is 0 Å². The first-order chi connectivity index (χ1) is 12.0. The second-order valence-electron chi connectivity index (χ2n) is 5.29. The first-order valence-corrected chi connectivity index (χ1v) is 9.71. The molecule has 0 bridgehead atoms. The van der Waals surface area contributed by atoms with E-state index in [1.165, 1.54) is 4.90 Å². The summed E-state index contributed by atoms with van der Waals surface area (Å²) in [5.41, 5.74) is 1.72. The summed E-state index contributed by atoms with van der Waals surface area (Å²) in [5, 5.41) is -0.258. The molecule has 0 spiro atoms. The van der Waals surface area contributed by atoms with Crippen molar-refractivity contribution in [2.45, 2.75) is 6.54 Å². The molecule has 1 heterocycles. The van der Waals surface area contributed by atoms with E-state index in [4.69, 9.17) is 4.74 Å². The molecule has 2 amide bonds. The number of benzene rings is 2. The van der Waals surface area contributed by atoms with Crippen LogP contribution in [-0.4, -0.2) is 23.2 Å². The summed E-state index contributed by atoms with van der Waals surface area (Å²) in [5.74, 6) is 0.436. The lowest BCUT2D eigenvalue weighted by Crippen LogP contribution is -2.27. The fourth-order valence-corrected chi connectivity index (χ4v) is 3.99. The molecule has 2 aromatic carbocycles. The van der Waals surface area contributed by atoms with Crippen LogP contribution in [0.1, 0.15) is 11.1 Å². The molecule has 1 aliphatic rings. The number of methoxy groups -OCH3 is 1. The monoisotopic (exact) mass is 481 g/mol. The van der Waals surface area contributed by atoms with Crippen molar-refractivity contribution in [3.05, 3.63) is 67.4 Å². The van der Waals surface area contributed by atoms with Crippen LogP contribution in [0.3, 0.4) is 0 Å². The third-order valence-electron chi connectivity index (χ3n) is 3.60. The Kier molecular flexibility index (Phi) is 5.66. The van der Waals surface area contributed by atoms with Crippen LogP contribution in [0.2, 0.25) is 0 Å². The third-order valence-corrected chi connectivity index (χ3v) is 5.66. The Bertz CT molecular complexity index is 865. The number of ether oxygens (including phenoxy) is 1. The van der Waals surface area contributed by atoms with Gasteiger partial charge in [-0.1, -0.05) is 34.1 Å². The Morgan fingerprint density at radius 1 is 1.12 bits per heavy atom. The molecule has 0 aromatic heterocycles. The van der Waals surface area contributed by atoms with Crippen molar-refractivity contribution in [1.82, 2.24) is 4.90 Å². The topological polar surface area (TPSA) is 46.6 Å². The van der Waals surface area contributed by atoms with Gasteiger partial charge in [-0.15, -0.1) is 0 Å². The Morgan fingerprint density at radius 3 is 2.48 bits per heavy atom. The van der Waals surface area contributed by atoms with Crippen molar-refractivity contribution >= 4 is 60.8 Å². The summed E-state index contributed by atoms with van der Waals surface area (Å²) < 4.78 is 6.94. The van der Waals surface area contributed by atoms with Gasteiger partial charge in [0.25, 0.3) is 11.1 Å². The molecule has 4 nitrogen and oxygen atoms in total. The van der Waals surface area contributed by atoms with Crippen LogP contribution in [0, 0.1) is 0 Å². The fraction of sp³-hybridized carbons (Fsp3) is 0.111. The number of hydrogen-bond donors (Lipinski definition) is 0. The fourth-order valence-electron chi connectivity index (χ4n) is 2.33. The summed E-state index contributed by atoms with van der Waals surface area (Å²) in [6.45, 7) is 0.265. The van der Waals surface area contributed by atoms with Crippen molar-refractivity contribution in [3.63, 3.8) is 0 Å². The number of rotatable bonds is 4. The van der Waals surface area contributed by atoms with Crippen LogP contribution in [0.5, 0.6) is 5.75 Å². The van der Waals surface area contributed by atoms with Crippen molar-refractivity contribution in [2.24, 2.45) is 0 Å². The number of imide groups is 1. The molecule has 0 N–H and O–H groups in total. The van der Waals surface area contributed by atoms with Crippen LogP contribution in [0.15, 0.2) is 56.3 Å². The van der Waals surface area contributed by atoms with E-state index in [0.29, 0.717) is 10.7 Å². The van der Waals surface area contributed by atoms with Gasteiger partial charge in [-0.25, -0.2) is 0 Å². The minimum Gasteiger partial charge on any atom is -0.496 e. The first kappa shape index (κ1) is 18.2. The normalized spacial score (nSPS) is 16.0. The summed E-state index contributed by atoms with van der Waals surface area (Å²) >= 11 is 7.75. The molecule has 2 aromatic rings. The maximum atomic E-state index is 12.6. The highest BCUT2D eigenvalue weighted by molar-refractivity contribution is 9.10. The highest BCUT2D eigenvalue weighted by Gasteiger charge is 2.34. The standard InChI is InChI=1S/C18H13Br2NO3S/c1-24-15-7-4-12(8-14(15)20)9-16-17(22)21(18(23)25-16)10-11-2-5-13(19)6-3-11/h2-9H,10H2,1H3/b16-9-. The van der Waals surface area contributed by atoms with E-state index in [1.54, 1.807) is 13.2 Å². The molecule has 1 saturated heterocycles. The van der Waals surface area contributed by atoms with Gasteiger partial charge in [-0.2, -0.15) is 0 Å². The number of nitrogens with zero attached hydrogens (tertiary/aromatic N) is 1. The number of thioether (sulfide) groups is 1. The molecule has 1 fully saturated rings. The predicted molar refractivity (Wildman–Crippen MR) is 106 cm³/mol.